The number of anilines is 1. The van der Waals surface area contributed by atoms with Crippen molar-refractivity contribution < 1.29 is 26.7 Å². The minimum atomic E-state index is -4.64. The number of pyridine rings is 1. The molecule has 0 radical (unpaired) electrons. The monoisotopic (exact) mass is 425 g/mol. The zero-order valence-electron chi connectivity index (χ0n) is 15.4. The maximum atomic E-state index is 13.9. The van der Waals surface area contributed by atoms with Crippen LogP contribution in [-0.4, -0.2) is 42.7 Å². The zero-order valence-corrected chi connectivity index (χ0v) is 15.4. The molecule has 1 aromatic heterocycles. The standard InChI is InChI=1S/C19H16F5N5O/c20-11-3-10(4-12(21)5-11)16-15(6-25)27-7-14(18(30)28-9-19(22,23)24)17(16)29-2-1-13(26)8-29/h3-5,7,13H,1-2,8-9,26H2,(H,28,30)/t13-/m0/s1. The van der Waals surface area contributed by atoms with Gasteiger partial charge in [-0.25, -0.2) is 13.8 Å². The molecule has 1 fully saturated rings. The number of carbonyl (C=O) groups is 1. The van der Waals surface area contributed by atoms with Gasteiger partial charge in [-0.3, -0.25) is 4.79 Å². The molecule has 30 heavy (non-hydrogen) atoms. The molecule has 2 heterocycles. The Morgan fingerprint density at radius 1 is 1.30 bits per heavy atom. The summed E-state index contributed by atoms with van der Waals surface area (Å²) in [6.45, 7) is -1.01. The average Bonchev–Trinajstić information content (AvgIpc) is 3.09. The van der Waals surface area contributed by atoms with E-state index < -0.39 is 30.3 Å². The lowest BCUT2D eigenvalue weighted by molar-refractivity contribution is -0.123. The summed E-state index contributed by atoms with van der Waals surface area (Å²) in [5.74, 6) is -2.94. The second-order valence-electron chi connectivity index (χ2n) is 6.81. The summed E-state index contributed by atoms with van der Waals surface area (Å²) in [6, 6.07) is 4.07. The molecule has 158 valence electrons. The zero-order chi connectivity index (χ0) is 22.1. The van der Waals surface area contributed by atoms with Crippen molar-refractivity contribution in [3.8, 4) is 17.2 Å². The lowest BCUT2D eigenvalue weighted by atomic mass is 9.97. The lowest BCUT2D eigenvalue weighted by Crippen LogP contribution is -2.35. The highest BCUT2D eigenvalue weighted by atomic mass is 19.4. The van der Waals surface area contributed by atoms with Gasteiger partial charge < -0.3 is 16.0 Å². The van der Waals surface area contributed by atoms with Gasteiger partial charge in [-0.15, -0.1) is 0 Å². The highest BCUT2D eigenvalue weighted by Gasteiger charge is 2.32. The summed E-state index contributed by atoms with van der Waals surface area (Å²) in [6.07, 6.45) is -3.15. The van der Waals surface area contributed by atoms with E-state index in [0.717, 1.165) is 18.3 Å². The molecule has 1 aliphatic rings. The molecule has 0 saturated carbocycles. The number of nitrogens with one attached hydrogen (secondary N) is 1. The molecule has 2 aromatic rings. The largest absolute Gasteiger partial charge is 0.405 e. The first-order chi connectivity index (χ1) is 14.1. The number of alkyl halides is 3. The molecule has 11 heteroatoms. The fourth-order valence-electron chi connectivity index (χ4n) is 3.32. The van der Waals surface area contributed by atoms with Crippen molar-refractivity contribution in [2.24, 2.45) is 5.73 Å². The van der Waals surface area contributed by atoms with E-state index in [1.54, 1.807) is 16.3 Å². The lowest BCUT2D eigenvalue weighted by Gasteiger charge is -2.25. The van der Waals surface area contributed by atoms with Crippen molar-refractivity contribution in [3.63, 3.8) is 0 Å². The van der Waals surface area contributed by atoms with Crippen LogP contribution in [0.3, 0.4) is 0 Å². The normalized spacial score (nSPS) is 16.4. The summed E-state index contributed by atoms with van der Waals surface area (Å²) in [4.78, 5) is 18.0. The van der Waals surface area contributed by atoms with Crippen LogP contribution in [0.4, 0.5) is 27.6 Å². The molecule has 1 aromatic carbocycles. The number of rotatable bonds is 4. The molecule has 1 saturated heterocycles. The van der Waals surface area contributed by atoms with Gasteiger partial charge in [-0.2, -0.15) is 18.4 Å². The van der Waals surface area contributed by atoms with E-state index in [4.69, 9.17) is 5.73 Å². The molecule has 3 rings (SSSR count). The van der Waals surface area contributed by atoms with E-state index in [2.05, 4.69) is 4.98 Å². The van der Waals surface area contributed by atoms with Crippen molar-refractivity contribution in [1.29, 1.82) is 5.26 Å². The van der Waals surface area contributed by atoms with E-state index >= 15 is 0 Å². The third-order valence-corrected chi connectivity index (χ3v) is 4.54. The van der Waals surface area contributed by atoms with Crippen molar-refractivity contribution in [1.82, 2.24) is 10.3 Å². The van der Waals surface area contributed by atoms with Crippen molar-refractivity contribution in [2.75, 3.05) is 24.5 Å². The van der Waals surface area contributed by atoms with Crippen LogP contribution in [0.15, 0.2) is 24.4 Å². The third kappa shape index (κ3) is 4.65. The number of benzene rings is 1. The summed E-state index contributed by atoms with van der Waals surface area (Å²) in [5, 5.41) is 11.2. The van der Waals surface area contributed by atoms with Crippen molar-refractivity contribution >= 4 is 11.6 Å². The van der Waals surface area contributed by atoms with Gasteiger partial charge in [-0.1, -0.05) is 0 Å². The van der Waals surface area contributed by atoms with Gasteiger partial charge in [0.25, 0.3) is 5.91 Å². The third-order valence-electron chi connectivity index (χ3n) is 4.54. The van der Waals surface area contributed by atoms with Crippen LogP contribution in [0.5, 0.6) is 0 Å². The minimum Gasteiger partial charge on any atom is -0.369 e. The van der Waals surface area contributed by atoms with Gasteiger partial charge in [0.15, 0.2) is 0 Å². The molecular weight excluding hydrogens is 409 g/mol. The van der Waals surface area contributed by atoms with Crippen LogP contribution in [0, 0.1) is 23.0 Å². The van der Waals surface area contributed by atoms with Gasteiger partial charge in [-0.05, 0) is 24.1 Å². The first-order valence-electron chi connectivity index (χ1n) is 8.84. The van der Waals surface area contributed by atoms with Gasteiger partial charge in [0.1, 0.15) is 29.9 Å². The Bertz CT molecular complexity index is 997. The number of carbonyl (C=O) groups excluding carboxylic acids is 1. The van der Waals surface area contributed by atoms with Gasteiger partial charge in [0.2, 0.25) is 0 Å². The maximum absolute atomic E-state index is 13.9. The van der Waals surface area contributed by atoms with Crippen molar-refractivity contribution in [3.05, 3.63) is 47.3 Å². The van der Waals surface area contributed by atoms with E-state index in [1.165, 1.54) is 0 Å². The Balaban J connectivity index is 2.21. The number of nitrogens with two attached hydrogens (primary N) is 1. The summed E-state index contributed by atoms with van der Waals surface area (Å²) >= 11 is 0. The number of hydrogen-bond donors (Lipinski definition) is 2. The van der Waals surface area contributed by atoms with E-state index in [-0.39, 0.29) is 40.7 Å². The molecule has 0 spiro atoms. The van der Waals surface area contributed by atoms with Crippen LogP contribution < -0.4 is 16.0 Å². The Hall–Kier alpha value is -3.26. The number of halogens is 5. The molecule has 0 bridgehead atoms. The Labute approximate surface area is 168 Å². The molecule has 1 amide bonds. The summed E-state index contributed by atoms with van der Waals surface area (Å²) in [7, 11) is 0. The van der Waals surface area contributed by atoms with Crippen LogP contribution >= 0.6 is 0 Å². The number of hydrogen-bond acceptors (Lipinski definition) is 5. The first-order valence-corrected chi connectivity index (χ1v) is 8.84. The topological polar surface area (TPSA) is 95.0 Å². The smallest absolute Gasteiger partial charge is 0.369 e. The highest BCUT2D eigenvalue weighted by molar-refractivity contribution is 6.04. The predicted molar refractivity (Wildman–Crippen MR) is 97.5 cm³/mol. The van der Waals surface area contributed by atoms with Crippen LogP contribution in [-0.2, 0) is 0 Å². The van der Waals surface area contributed by atoms with Crippen LogP contribution in [0.2, 0.25) is 0 Å². The van der Waals surface area contributed by atoms with E-state index in [1.807, 2.05) is 0 Å². The van der Waals surface area contributed by atoms with Crippen molar-refractivity contribution in [2.45, 2.75) is 18.6 Å². The van der Waals surface area contributed by atoms with Gasteiger partial charge >= 0.3 is 6.18 Å². The average molecular weight is 425 g/mol. The maximum Gasteiger partial charge on any atom is 0.405 e. The number of amides is 1. The van der Waals surface area contributed by atoms with Gasteiger partial charge in [0.05, 0.1) is 11.3 Å². The summed E-state index contributed by atoms with van der Waals surface area (Å²) in [5.41, 5.74) is 5.36. The SMILES string of the molecule is N#Cc1ncc(C(=O)NCC(F)(F)F)c(N2CC[C@H](N)C2)c1-c1cc(F)cc(F)c1. The van der Waals surface area contributed by atoms with Gasteiger partial charge in [0, 0.05) is 37.0 Å². The van der Waals surface area contributed by atoms with E-state index in [9.17, 15) is 32.0 Å². The number of aromatic nitrogens is 1. The highest BCUT2D eigenvalue weighted by Crippen LogP contribution is 2.38. The molecule has 1 atom stereocenters. The molecular formula is C19H16F5N5O. The number of nitrogens with zero attached hydrogens (tertiary/aromatic N) is 3. The van der Waals surface area contributed by atoms with Crippen LogP contribution in [0.1, 0.15) is 22.5 Å². The molecule has 6 nitrogen and oxygen atoms in total. The molecule has 0 unspecified atom stereocenters. The number of nitriles is 1. The Morgan fingerprint density at radius 3 is 2.50 bits per heavy atom. The fourth-order valence-corrected chi connectivity index (χ4v) is 3.32. The van der Waals surface area contributed by atoms with Crippen LogP contribution in [0.25, 0.3) is 11.1 Å². The quantitative estimate of drug-likeness (QED) is 0.735. The second kappa shape index (κ2) is 8.23. The minimum absolute atomic E-state index is 0.0512. The second-order valence-corrected chi connectivity index (χ2v) is 6.81. The summed E-state index contributed by atoms with van der Waals surface area (Å²) < 4.78 is 65.4. The predicted octanol–water partition coefficient (Wildman–Crippen LogP) is 2.73. The molecule has 3 N–H and O–H groups in total. The Morgan fingerprint density at radius 2 is 1.97 bits per heavy atom. The molecule has 1 aliphatic heterocycles. The first kappa shape index (κ1) is 21.4. The molecule has 0 aliphatic carbocycles. The Kier molecular flexibility index (Phi) is 5.89. The van der Waals surface area contributed by atoms with E-state index in [0.29, 0.717) is 19.0 Å². The fraction of sp³-hybridized carbons (Fsp3) is 0.316.